The van der Waals surface area contributed by atoms with Crippen LogP contribution in [0.5, 0.6) is 0 Å². The molecule has 1 aromatic carbocycles. The number of carbonyl (C=O) groups excluding carboxylic acids is 1. The number of H-pyrrole nitrogens is 1. The van der Waals surface area contributed by atoms with Gasteiger partial charge in [0.05, 0.1) is 11.7 Å². The molecule has 0 spiro atoms. The van der Waals surface area contributed by atoms with Crippen molar-refractivity contribution in [1.82, 2.24) is 15.1 Å². The second-order valence-electron chi connectivity index (χ2n) is 5.36. The van der Waals surface area contributed by atoms with E-state index in [0.29, 0.717) is 5.92 Å². The van der Waals surface area contributed by atoms with Gasteiger partial charge in [-0.15, -0.1) is 0 Å². The summed E-state index contributed by atoms with van der Waals surface area (Å²) in [5.74, 6) is 0.691. The molecule has 5 nitrogen and oxygen atoms in total. The fourth-order valence-corrected chi connectivity index (χ4v) is 2.79. The van der Waals surface area contributed by atoms with Crippen LogP contribution in [-0.2, 0) is 4.74 Å². The Morgan fingerprint density at radius 1 is 1.45 bits per heavy atom. The maximum absolute atomic E-state index is 12.5. The number of hydrogen-bond acceptors (Lipinski definition) is 3. The first-order chi connectivity index (χ1) is 9.78. The fourth-order valence-electron chi connectivity index (χ4n) is 2.79. The van der Waals surface area contributed by atoms with Crippen LogP contribution in [0.25, 0.3) is 10.9 Å². The monoisotopic (exact) mass is 273 g/mol. The topological polar surface area (TPSA) is 58.2 Å². The average Bonchev–Trinajstić information content (AvgIpc) is 2.95. The Bertz CT molecular complexity index is 600. The molecule has 0 bridgehead atoms. The molecule has 20 heavy (non-hydrogen) atoms. The van der Waals surface area contributed by atoms with Crippen molar-refractivity contribution in [3.63, 3.8) is 0 Å². The average molecular weight is 273 g/mol. The minimum Gasteiger partial charge on any atom is -0.384 e. The molecule has 2 aromatic rings. The number of carbonyl (C=O) groups is 1. The molecule has 2 heterocycles. The van der Waals surface area contributed by atoms with E-state index in [2.05, 4.69) is 10.2 Å². The zero-order chi connectivity index (χ0) is 13.9. The Morgan fingerprint density at radius 2 is 2.25 bits per heavy atom. The normalized spacial score (nSPS) is 16.8. The van der Waals surface area contributed by atoms with Gasteiger partial charge < -0.3 is 9.64 Å². The molecule has 0 radical (unpaired) electrons. The van der Waals surface area contributed by atoms with Crippen molar-refractivity contribution in [3.8, 4) is 0 Å². The molecule has 0 saturated carbocycles. The van der Waals surface area contributed by atoms with Crippen LogP contribution < -0.4 is 0 Å². The van der Waals surface area contributed by atoms with E-state index in [9.17, 15) is 4.79 Å². The number of piperidine rings is 1. The summed E-state index contributed by atoms with van der Waals surface area (Å²) in [7, 11) is 1.73. The quantitative estimate of drug-likeness (QED) is 0.931. The minimum absolute atomic E-state index is 0.109. The van der Waals surface area contributed by atoms with E-state index in [-0.39, 0.29) is 5.91 Å². The molecule has 1 saturated heterocycles. The van der Waals surface area contributed by atoms with Gasteiger partial charge in [-0.1, -0.05) is 6.07 Å². The van der Waals surface area contributed by atoms with Crippen LogP contribution in [0.3, 0.4) is 0 Å². The molecular weight excluding hydrogens is 254 g/mol. The third kappa shape index (κ3) is 2.54. The van der Waals surface area contributed by atoms with Gasteiger partial charge in [-0.05, 0) is 30.9 Å². The van der Waals surface area contributed by atoms with E-state index in [1.54, 1.807) is 13.3 Å². The van der Waals surface area contributed by atoms with E-state index in [1.165, 1.54) is 0 Å². The number of fused-ring (bicyclic) bond motifs is 1. The molecule has 5 heteroatoms. The minimum atomic E-state index is 0.109. The first kappa shape index (κ1) is 13.1. The maximum atomic E-state index is 12.5. The summed E-state index contributed by atoms with van der Waals surface area (Å²) in [5, 5.41) is 7.91. The van der Waals surface area contributed by atoms with Crippen molar-refractivity contribution in [1.29, 1.82) is 0 Å². The van der Waals surface area contributed by atoms with E-state index in [0.717, 1.165) is 49.0 Å². The zero-order valence-corrected chi connectivity index (χ0v) is 11.6. The fraction of sp³-hybridized carbons (Fsp3) is 0.467. The molecule has 3 rings (SSSR count). The smallest absolute Gasteiger partial charge is 0.253 e. The number of likely N-dealkylation sites (tertiary alicyclic amines) is 1. The van der Waals surface area contributed by atoms with Crippen LogP contribution in [0.4, 0.5) is 0 Å². The van der Waals surface area contributed by atoms with E-state index in [4.69, 9.17) is 4.74 Å². The summed E-state index contributed by atoms with van der Waals surface area (Å²) < 4.78 is 5.19. The number of nitrogens with zero attached hydrogens (tertiary/aromatic N) is 2. The summed E-state index contributed by atoms with van der Waals surface area (Å²) in [6.07, 6.45) is 3.80. The van der Waals surface area contributed by atoms with Crippen LogP contribution >= 0.6 is 0 Å². The second kappa shape index (κ2) is 5.63. The number of aromatic nitrogens is 2. The van der Waals surface area contributed by atoms with Crippen molar-refractivity contribution in [2.24, 2.45) is 5.92 Å². The summed E-state index contributed by atoms with van der Waals surface area (Å²) in [5.41, 5.74) is 1.64. The summed E-state index contributed by atoms with van der Waals surface area (Å²) >= 11 is 0. The highest BCUT2D eigenvalue weighted by atomic mass is 16.5. The predicted octanol–water partition coefficient (Wildman–Crippen LogP) is 2.06. The lowest BCUT2D eigenvalue weighted by Gasteiger charge is -2.31. The van der Waals surface area contributed by atoms with Gasteiger partial charge in [0.2, 0.25) is 0 Å². The molecule has 1 aromatic heterocycles. The van der Waals surface area contributed by atoms with Crippen molar-refractivity contribution in [2.75, 3.05) is 26.8 Å². The summed E-state index contributed by atoms with van der Waals surface area (Å²) in [6, 6.07) is 5.69. The molecule has 0 unspecified atom stereocenters. The molecule has 0 atom stereocenters. The van der Waals surface area contributed by atoms with Gasteiger partial charge in [0, 0.05) is 37.8 Å². The first-order valence-corrected chi connectivity index (χ1v) is 6.99. The number of nitrogens with one attached hydrogen (secondary N) is 1. The predicted molar refractivity (Wildman–Crippen MR) is 76.6 cm³/mol. The molecule has 1 amide bonds. The van der Waals surface area contributed by atoms with E-state index >= 15 is 0 Å². The molecular formula is C15H19N3O2. The maximum Gasteiger partial charge on any atom is 0.253 e. The number of amides is 1. The Hall–Kier alpha value is -1.88. The van der Waals surface area contributed by atoms with Crippen molar-refractivity contribution in [2.45, 2.75) is 12.8 Å². The number of aromatic amines is 1. The Morgan fingerprint density at radius 3 is 3.00 bits per heavy atom. The summed E-state index contributed by atoms with van der Waals surface area (Å²) in [4.78, 5) is 14.4. The van der Waals surface area contributed by atoms with Crippen LogP contribution in [0, 0.1) is 5.92 Å². The molecule has 106 valence electrons. The highest BCUT2D eigenvalue weighted by Gasteiger charge is 2.23. The van der Waals surface area contributed by atoms with Crippen molar-refractivity contribution >= 4 is 16.8 Å². The third-order valence-corrected chi connectivity index (χ3v) is 3.99. The first-order valence-electron chi connectivity index (χ1n) is 6.99. The lowest BCUT2D eigenvalue weighted by molar-refractivity contribution is 0.0613. The van der Waals surface area contributed by atoms with Crippen LogP contribution in [0.1, 0.15) is 23.2 Å². The van der Waals surface area contributed by atoms with Gasteiger partial charge in [0.1, 0.15) is 0 Å². The number of ether oxygens (including phenoxy) is 1. The standard InChI is InChI=1S/C15H19N3O2/c1-20-10-11-4-6-18(7-5-11)15(19)12-2-3-13-9-16-17-14(13)8-12/h2-3,8-9,11H,4-7,10H2,1H3,(H,16,17). The lowest BCUT2D eigenvalue weighted by atomic mass is 9.97. The van der Waals surface area contributed by atoms with Crippen LogP contribution in [0.2, 0.25) is 0 Å². The molecule has 1 aliphatic heterocycles. The Balaban J connectivity index is 1.69. The Kier molecular flexibility index (Phi) is 3.69. The molecule has 1 N–H and O–H groups in total. The zero-order valence-electron chi connectivity index (χ0n) is 11.6. The number of methoxy groups -OCH3 is 1. The third-order valence-electron chi connectivity index (χ3n) is 3.99. The molecule has 1 aliphatic rings. The van der Waals surface area contributed by atoms with E-state index in [1.807, 2.05) is 23.1 Å². The highest BCUT2D eigenvalue weighted by Crippen LogP contribution is 2.20. The largest absolute Gasteiger partial charge is 0.384 e. The van der Waals surface area contributed by atoms with Gasteiger partial charge in [0.25, 0.3) is 5.91 Å². The molecule has 1 fully saturated rings. The van der Waals surface area contributed by atoms with Gasteiger partial charge in [-0.25, -0.2) is 0 Å². The van der Waals surface area contributed by atoms with Gasteiger partial charge >= 0.3 is 0 Å². The van der Waals surface area contributed by atoms with Crippen molar-refractivity contribution in [3.05, 3.63) is 30.0 Å². The number of benzene rings is 1. The van der Waals surface area contributed by atoms with Gasteiger partial charge in [0.15, 0.2) is 0 Å². The van der Waals surface area contributed by atoms with E-state index < -0.39 is 0 Å². The van der Waals surface area contributed by atoms with Crippen molar-refractivity contribution < 1.29 is 9.53 Å². The summed E-state index contributed by atoms with van der Waals surface area (Å²) in [6.45, 7) is 2.42. The van der Waals surface area contributed by atoms with Crippen LogP contribution in [0.15, 0.2) is 24.4 Å². The molecule has 0 aliphatic carbocycles. The Labute approximate surface area is 117 Å². The highest BCUT2D eigenvalue weighted by molar-refractivity contribution is 5.97. The van der Waals surface area contributed by atoms with Gasteiger partial charge in [-0.2, -0.15) is 5.10 Å². The number of hydrogen-bond donors (Lipinski definition) is 1. The second-order valence-corrected chi connectivity index (χ2v) is 5.36. The number of rotatable bonds is 3. The lowest BCUT2D eigenvalue weighted by Crippen LogP contribution is -2.39. The van der Waals surface area contributed by atoms with Gasteiger partial charge in [-0.3, -0.25) is 9.89 Å². The van der Waals surface area contributed by atoms with Crippen LogP contribution in [-0.4, -0.2) is 47.8 Å². The SMILES string of the molecule is COCC1CCN(C(=O)c2ccc3cn[nH]c3c2)CC1.